The monoisotopic (exact) mass is 250 g/mol. The maximum absolute atomic E-state index is 5.84. The van der Waals surface area contributed by atoms with Crippen molar-refractivity contribution in [2.24, 2.45) is 0 Å². The second-order valence-electron chi connectivity index (χ2n) is 5.15. The molecule has 0 aromatic carbocycles. The van der Waals surface area contributed by atoms with Crippen molar-refractivity contribution in [2.75, 3.05) is 31.2 Å². The van der Waals surface area contributed by atoms with E-state index in [-0.39, 0.29) is 6.10 Å². The van der Waals surface area contributed by atoms with Crippen LogP contribution in [0.4, 0.5) is 11.5 Å². The highest BCUT2D eigenvalue weighted by atomic mass is 16.5. The molecule has 1 aromatic heterocycles. The molecule has 2 rings (SSSR count). The number of likely N-dealkylation sites (tertiary alicyclic amines) is 1. The van der Waals surface area contributed by atoms with Crippen molar-refractivity contribution in [3.8, 4) is 5.88 Å². The third kappa shape index (κ3) is 3.26. The molecule has 100 valence electrons. The largest absolute Gasteiger partial charge is 0.473 e. The van der Waals surface area contributed by atoms with Gasteiger partial charge in [0.2, 0.25) is 5.88 Å². The molecule has 1 aromatic rings. The number of nitrogens with one attached hydrogen (secondary N) is 1. The number of hydrogen-bond acceptors (Lipinski definition) is 5. The van der Waals surface area contributed by atoms with Crippen LogP contribution < -0.4 is 15.8 Å². The second-order valence-corrected chi connectivity index (χ2v) is 5.15. The van der Waals surface area contributed by atoms with Gasteiger partial charge in [0, 0.05) is 12.6 Å². The molecular formula is C13H22N4O. The molecule has 2 heterocycles. The Kier molecular flexibility index (Phi) is 3.91. The lowest BCUT2D eigenvalue weighted by molar-refractivity contribution is 0.234. The fourth-order valence-electron chi connectivity index (χ4n) is 2.11. The minimum Gasteiger partial charge on any atom is -0.473 e. The van der Waals surface area contributed by atoms with Gasteiger partial charge in [0.1, 0.15) is 5.82 Å². The van der Waals surface area contributed by atoms with Crippen molar-refractivity contribution in [1.82, 2.24) is 9.88 Å². The third-order valence-corrected chi connectivity index (χ3v) is 2.98. The van der Waals surface area contributed by atoms with Gasteiger partial charge in [-0.3, -0.25) is 0 Å². The number of nitrogens with zero attached hydrogens (tertiary/aromatic N) is 2. The van der Waals surface area contributed by atoms with E-state index >= 15 is 0 Å². The van der Waals surface area contributed by atoms with E-state index in [1.54, 1.807) is 0 Å². The Balaban J connectivity index is 2.04. The molecule has 3 N–H and O–H groups in total. The zero-order valence-corrected chi connectivity index (χ0v) is 11.3. The summed E-state index contributed by atoms with van der Waals surface area (Å²) in [6, 6.07) is 4.20. The molecular weight excluding hydrogens is 228 g/mol. The number of nitrogens with two attached hydrogens (primary N) is 1. The predicted molar refractivity (Wildman–Crippen MR) is 73.9 cm³/mol. The number of nitrogen functional groups attached to an aromatic ring is 1. The van der Waals surface area contributed by atoms with E-state index in [4.69, 9.17) is 10.5 Å². The van der Waals surface area contributed by atoms with E-state index in [1.165, 1.54) is 0 Å². The Morgan fingerprint density at radius 1 is 1.50 bits per heavy atom. The van der Waals surface area contributed by atoms with Crippen LogP contribution in [-0.2, 0) is 0 Å². The highest BCUT2D eigenvalue weighted by Gasteiger charge is 2.19. The average Bonchev–Trinajstić information content (AvgIpc) is 2.68. The molecule has 18 heavy (non-hydrogen) atoms. The first-order valence-electron chi connectivity index (χ1n) is 6.43. The molecule has 1 aliphatic heterocycles. The van der Waals surface area contributed by atoms with Crippen molar-refractivity contribution in [3.63, 3.8) is 0 Å². The Morgan fingerprint density at radius 2 is 2.28 bits per heavy atom. The van der Waals surface area contributed by atoms with Gasteiger partial charge in [0.25, 0.3) is 0 Å². The molecule has 0 spiro atoms. The normalized spacial score (nSPS) is 20.3. The smallest absolute Gasteiger partial charge is 0.239 e. The van der Waals surface area contributed by atoms with Gasteiger partial charge >= 0.3 is 0 Å². The van der Waals surface area contributed by atoms with Crippen molar-refractivity contribution >= 4 is 11.5 Å². The van der Waals surface area contributed by atoms with Gasteiger partial charge in [0.05, 0.1) is 11.8 Å². The molecule has 0 amide bonds. The molecule has 1 fully saturated rings. The Labute approximate surface area is 108 Å². The van der Waals surface area contributed by atoms with Gasteiger partial charge in [-0.2, -0.15) is 4.98 Å². The summed E-state index contributed by atoms with van der Waals surface area (Å²) in [5, 5.41) is 3.42. The Hall–Kier alpha value is -1.49. The molecule has 0 saturated carbocycles. The predicted octanol–water partition coefficient (Wildman–Crippen LogP) is 1.57. The van der Waals surface area contributed by atoms with Crippen molar-refractivity contribution in [3.05, 3.63) is 12.1 Å². The number of anilines is 2. The van der Waals surface area contributed by atoms with Crippen molar-refractivity contribution in [2.45, 2.75) is 32.4 Å². The first-order valence-corrected chi connectivity index (χ1v) is 6.43. The summed E-state index contributed by atoms with van der Waals surface area (Å²) in [4.78, 5) is 6.73. The molecule has 1 unspecified atom stereocenters. The van der Waals surface area contributed by atoms with Gasteiger partial charge in [0.15, 0.2) is 0 Å². The molecule has 0 bridgehead atoms. The maximum atomic E-state index is 5.84. The first-order chi connectivity index (χ1) is 8.54. The van der Waals surface area contributed by atoms with Crippen molar-refractivity contribution in [1.29, 1.82) is 0 Å². The fraction of sp³-hybridized carbons (Fsp3) is 0.615. The van der Waals surface area contributed by atoms with E-state index < -0.39 is 0 Å². The van der Waals surface area contributed by atoms with Crippen LogP contribution in [0, 0.1) is 0 Å². The van der Waals surface area contributed by atoms with E-state index in [9.17, 15) is 0 Å². The highest BCUT2D eigenvalue weighted by molar-refractivity contribution is 5.54. The van der Waals surface area contributed by atoms with Gasteiger partial charge < -0.3 is 20.7 Å². The molecule has 0 aliphatic carbocycles. The van der Waals surface area contributed by atoms with Crippen LogP contribution in [0.1, 0.15) is 20.3 Å². The number of hydrogen-bond donors (Lipinski definition) is 2. The van der Waals surface area contributed by atoms with Crippen molar-refractivity contribution < 1.29 is 4.74 Å². The number of rotatable bonds is 4. The summed E-state index contributed by atoms with van der Waals surface area (Å²) >= 11 is 0. The molecule has 5 nitrogen and oxygen atoms in total. The van der Waals surface area contributed by atoms with E-state index in [2.05, 4.69) is 22.2 Å². The van der Waals surface area contributed by atoms with E-state index in [0.29, 0.717) is 17.6 Å². The summed E-state index contributed by atoms with van der Waals surface area (Å²) < 4.78 is 5.58. The van der Waals surface area contributed by atoms with Crippen LogP contribution in [0.5, 0.6) is 5.88 Å². The number of pyridine rings is 1. The lowest BCUT2D eigenvalue weighted by atomic mass is 10.2. The minimum absolute atomic E-state index is 0.0765. The Bertz CT molecular complexity index is 408. The zero-order valence-electron chi connectivity index (χ0n) is 11.3. The first kappa shape index (κ1) is 13.0. The van der Waals surface area contributed by atoms with Gasteiger partial charge in [-0.1, -0.05) is 0 Å². The Morgan fingerprint density at radius 3 is 2.89 bits per heavy atom. The molecule has 5 heteroatoms. The molecule has 1 saturated heterocycles. The second kappa shape index (κ2) is 5.44. The summed E-state index contributed by atoms with van der Waals surface area (Å²) in [7, 11) is 2.13. The van der Waals surface area contributed by atoms with Crippen LogP contribution >= 0.6 is 0 Å². The topological polar surface area (TPSA) is 63.4 Å². The standard InChI is InChI=1S/C13H22N4O/c1-9(2)18-13-11(14)4-5-12(16-13)15-10-6-7-17(3)8-10/h4-5,9-10H,6-8,14H2,1-3H3,(H,15,16). The van der Waals surface area contributed by atoms with Gasteiger partial charge in [-0.05, 0) is 46.0 Å². The van der Waals surface area contributed by atoms with Crippen LogP contribution in [0.2, 0.25) is 0 Å². The number of aromatic nitrogens is 1. The lowest BCUT2D eigenvalue weighted by Crippen LogP contribution is -2.24. The molecule has 1 atom stereocenters. The zero-order chi connectivity index (χ0) is 13.1. The molecule has 1 aliphatic rings. The van der Waals surface area contributed by atoms with E-state index in [0.717, 1.165) is 25.3 Å². The third-order valence-electron chi connectivity index (χ3n) is 2.98. The summed E-state index contributed by atoms with van der Waals surface area (Å²) in [5.41, 5.74) is 6.43. The number of likely N-dealkylation sites (N-methyl/N-ethyl adjacent to an activating group) is 1. The molecule has 0 radical (unpaired) electrons. The van der Waals surface area contributed by atoms with Crippen LogP contribution in [-0.4, -0.2) is 42.2 Å². The van der Waals surface area contributed by atoms with Crippen LogP contribution in [0.25, 0.3) is 0 Å². The summed E-state index contributed by atoms with van der Waals surface area (Å²) in [6.45, 7) is 6.11. The highest BCUT2D eigenvalue weighted by Crippen LogP contribution is 2.23. The fourth-order valence-corrected chi connectivity index (χ4v) is 2.11. The lowest BCUT2D eigenvalue weighted by Gasteiger charge is -2.16. The SMILES string of the molecule is CC(C)Oc1nc(NC2CCN(C)C2)ccc1N. The van der Waals surface area contributed by atoms with Crippen LogP contribution in [0.3, 0.4) is 0 Å². The number of ether oxygens (including phenoxy) is 1. The van der Waals surface area contributed by atoms with Crippen LogP contribution in [0.15, 0.2) is 12.1 Å². The van der Waals surface area contributed by atoms with Gasteiger partial charge in [-0.25, -0.2) is 0 Å². The van der Waals surface area contributed by atoms with E-state index in [1.807, 2.05) is 26.0 Å². The van der Waals surface area contributed by atoms with Gasteiger partial charge in [-0.15, -0.1) is 0 Å². The minimum atomic E-state index is 0.0765. The summed E-state index contributed by atoms with van der Waals surface area (Å²) in [5.74, 6) is 1.35. The average molecular weight is 250 g/mol. The quantitative estimate of drug-likeness (QED) is 0.849. The summed E-state index contributed by atoms with van der Waals surface area (Å²) in [6.07, 6.45) is 1.22. The maximum Gasteiger partial charge on any atom is 0.239 e.